The second kappa shape index (κ2) is 5.87. The van der Waals surface area contributed by atoms with Crippen molar-refractivity contribution in [2.75, 3.05) is 7.11 Å². The van der Waals surface area contributed by atoms with Gasteiger partial charge in [-0.3, -0.25) is 4.79 Å². The fraction of sp³-hybridized carbons (Fsp3) is 0.0625. The lowest BCUT2D eigenvalue weighted by Crippen LogP contribution is -1.92. The van der Waals surface area contributed by atoms with Crippen molar-refractivity contribution >= 4 is 11.9 Å². The molecular weight excluding hydrogens is 240 g/mol. The number of methoxy groups -OCH3 is 1. The molecule has 1 N–H and O–H groups in total. The van der Waals surface area contributed by atoms with Crippen LogP contribution >= 0.6 is 0 Å². The van der Waals surface area contributed by atoms with Gasteiger partial charge in [-0.15, -0.1) is 0 Å². The van der Waals surface area contributed by atoms with Crippen LogP contribution < -0.4 is 4.74 Å². The maximum absolute atomic E-state index is 11.9. The third kappa shape index (κ3) is 3.22. The van der Waals surface area contributed by atoms with Crippen molar-refractivity contribution in [3.63, 3.8) is 0 Å². The molecule has 0 aliphatic heterocycles. The minimum atomic E-state index is -0.0732. The van der Waals surface area contributed by atoms with Gasteiger partial charge < -0.3 is 9.84 Å². The van der Waals surface area contributed by atoms with Crippen LogP contribution in [0, 0.1) is 0 Å². The normalized spacial score (nSPS) is 10.6. The van der Waals surface area contributed by atoms with Gasteiger partial charge in [0.15, 0.2) is 17.3 Å². The van der Waals surface area contributed by atoms with Crippen molar-refractivity contribution in [3.05, 3.63) is 65.7 Å². The topological polar surface area (TPSA) is 46.5 Å². The van der Waals surface area contributed by atoms with Crippen LogP contribution in [0.3, 0.4) is 0 Å². The van der Waals surface area contributed by atoms with Gasteiger partial charge in [0.25, 0.3) is 0 Å². The largest absolute Gasteiger partial charge is 0.504 e. The number of aromatic hydroxyl groups is 1. The SMILES string of the molecule is COc1ccc(C=CC(=O)c2ccccc2)cc1O. The standard InChI is InChI=1S/C16H14O3/c1-19-16-10-8-12(11-15(16)18)7-9-14(17)13-5-3-2-4-6-13/h2-11,18H,1H3. The Morgan fingerprint density at radius 2 is 1.89 bits per heavy atom. The van der Waals surface area contributed by atoms with Gasteiger partial charge in [-0.05, 0) is 23.8 Å². The zero-order chi connectivity index (χ0) is 13.7. The summed E-state index contributed by atoms with van der Waals surface area (Å²) in [4.78, 5) is 11.9. The number of benzene rings is 2. The van der Waals surface area contributed by atoms with E-state index in [1.165, 1.54) is 13.2 Å². The van der Waals surface area contributed by atoms with Crippen LogP contribution in [0.1, 0.15) is 15.9 Å². The lowest BCUT2D eigenvalue weighted by atomic mass is 10.1. The van der Waals surface area contributed by atoms with Crippen molar-refractivity contribution in [2.24, 2.45) is 0 Å². The van der Waals surface area contributed by atoms with Crippen molar-refractivity contribution in [1.82, 2.24) is 0 Å². The minimum Gasteiger partial charge on any atom is -0.504 e. The van der Waals surface area contributed by atoms with E-state index in [1.54, 1.807) is 36.4 Å². The van der Waals surface area contributed by atoms with Gasteiger partial charge in [0.1, 0.15) is 0 Å². The van der Waals surface area contributed by atoms with E-state index in [0.717, 1.165) is 5.56 Å². The van der Waals surface area contributed by atoms with Crippen LogP contribution in [0.25, 0.3) is 6.08 Å². The van der Waals surface area contributed by atoms with Gasteiger partial charge in [0.05, 0.1) is 7.11 Å². The van der Waals surface area contributed by atoms with E-state index >= 15 is 0 Å². The number of carbonyl (C=O) groups excluding carboxylic acids is 1. The maximum atomic E-state index is 11.9. The highest BCUT2D eigenvalue weighted by Crippen LogP contribution is 2.26. The summed E-state index contributed by atoms with van der Waals surface area (Å²) in [6, 6.07) is 14.0. The third-order valence-corrected chi connectivity index (χ3v) is 2.69. The molecule has 0 heterocycles. The Morgan fingerprint density at radius 1 is 1.16 bits per heavy atom. The monoisotopic (exact) mass is 254 g/mol. The summed E-state index contributed by atoms with van der Waals surface area (Å²) in [7, 11) is 1.49. The Labute approximate surface area is 111 Å². The van der Waals surface area contributed by atoms with Crippen LogP contribution in [-0.4, -0.2) is 18.0 Å². The number of allylic oxidation sites excluding steroid dienone is 1. The Balaban J connectivity index is 2.15. The van der Waals surface area contributed by atoms with Crippen LogP contribution in [-0.2, 0) is 0 Å². The van der Waals surface area contributed by atoms with E-state index in [1.807, 2.05) is 18.2 Å². The van der Waals surface area contributed by atoms with Gasteiger partial charge in [-0.25, -0.2) is 0 Å². The molecule has 0 bridgehead atoms. The summed E-state index contributed by atoms with van der Waals surface area (Å²) in [6.45, 7) is 0. The van der Waals surface area contributed by atoms with Gasteiger partial charge in [0, 0.05) is 5.56 Å². The van der Waals surface area contributed by atoms with Crippen LogP contribution in [0.4, 0.5) is 0 Å². The molecule has 0 fully saturated rings. The predicted octanol–water partition coefficient (Wildman–Crippen LogP) is 3.30. The Kier molecular flexibility index (Phi) is 3.98. The molecule has 0 amide bonds. The zero-order valence-corrected chi connectivity index (χ0v) is 10.5. The van der Waals surface area contributed by atoms with Crippen LogP contribution in [0.2, 0.25) is 0 Å². The molecule has 0 saturated heterocycles. The van der Waals surface area contributed by atoms with Crippen molar-refractivity contribution in [3.8, 4) is 11.5 Å². The highest BCUT2D eigenvalue weighted by molar-refractivity contribution is 6.06. The molecular formula is C16H14O3. The summed E-state index contributed by atoms with van der Waals surface area (Å²) in [5.41, 5.74) is 1.37. The maximum Gasteiger partial charge on any atom is 0.185 e. The number of hydrogen-bond donors (Lipinski definition) is 1. The number of ether oxygens (including phenoxy) is 1. The number of phenols is 1. The average molecular weight is 254 g/mol. The average Bonchev–Trinajstić information content (AvgIpc) is 2.46. The molecule has 0 aromatic heterocycles. The van der Waals surface area contributed by atoms with E-state index in [9.17, 15) is 9.90 Å². The molecule has 0 saturated carbocycles. The van der Waals surface area contributed by atoms with Crippen LogP contribution in [0.15, 0.2) is 54.6 Å². The molecule has 2 aromatic carbocycles. The number of hydrogen-bond acceptors (Lipinski definition) is 3. The van der Waals surface area contributed by atoms with E-state index < -0.39 is 0 Å². The Bertz CT molecular complexity index is 601. The van der Waals surface area contributed by atoms with E-state index in [-0.39, 0.29) is 11.5 Å². The second-order valence-corrected chi connectivity index (χ2v) is 3.99. The fourth-order valence-electron chi connectivity index (χ4n) is 1.68. The summed E-state index contributed by atoms with van der Waals surface area (Å²) >= 11 is 0. The van der Waals surface area contributed by atoms with Gasteiger partial charge >= 0.3 is 0 Å². The quantitative estimate of drug-likeness (QED) is 0.672. The lowest BCUT2D eigenvalue weighted by Gasteiger charge is -2.03. The number of carbonyl (C=O) groups is 1. The van der Waals surface area contributed by atoms with E-state index in [4.69, 9.17) is 4.74 Å². The van der Waals surface area contributed by atoms with Gasteiger partial charge in [0.2, 0.25) is 0 Å². The highest BCUT2D eigenvalue weighted by Gasteiger charge is 2.02. The van der Waals surface area contributed by atoms with Gasteiger partial charge in [-0.1, -0.05) is 42.5 Å². The zero-order valence-electron chi connectivity index (χ0n) is 10.5. The van der Waals surface area contributed by atoms with Gasteiger partial charge in [-0.2, -0.15) is 0 Å². The highest BCUT2D eigenvalue weighted by atomic mass is 16.5. The molecule has 2 rings (SSSR count). The number of rotatable bonds is 4. The minimum absolute atomic E-state index is 0.0526. The lowest BCUT2D eigenvalue weighted by molar-refractivity contribution is 0.104. The molecule has 0 spiro atoms. The predicted molar refractivity (Wildman–Crippen MR) is 74.5 cm³/mol. The molecule has 2 aromatic rings. The molecule has 3 heteroatoms. The van der Waals surface area contributed by atoms with E-state index in [2.05, 4.69) is 0 Å². The Morgan fingerprint density at radius 3 is 2.53 bits per heavy atom. The van der Waals surface area contributed by atoms with Crippen molar-refractivity contribution in [1.29, 1.82) is 0 Å². The molecule has 0 radical (unpaired) electrons. The summed E-state index contributed by atoms with van der Waals surface area (Å²) < 4.78 is 4.95. The third-order valence-electron chi connectivity index (χ3n) is 2.69. The van der Waals surface area contributed by atoms with Crippen molar-refractivity contribution < 1.29 is 14.6 Å². The molecule has 0 atom stereocenters. The number of ketones is 1. The summed E-state index contributed by atoms with van der Waals surface area (Å²) in [5, 5.41) is 9.63. The van der Waals surface area contributed by atoms with Crippen LogP contribution in [0.5, 0.6) is 11.5 Å². The number of phenolic OH excluding ortho intramolecular Hbond substituents is 1. The van der Waals surface area contributed by atoms with Crippen molar-refractivity contribution in [2.45, 2.75) is 0 Å². The molecule has 19 heavy (non-hydrogen) atoms. The molecule has 0 unspecified atom stereocenters. The first-order valence-corrected chi connectivity index (χ1v) is 5.85. The first kappa shape index (κ1) is 12.9. The molecule has 0 aliphatic carbocycles. The molecule has 96 valence electrons. The first-order valence-electron chi connectivity index (χ1n) is 5.85. The molecule has 0 aliphatic rings. The van der Waals surface area contributed by atoms with E-state index in [0.29, 0.717) is 11.3 Å². The summed E-state index contributed by atoms with van der Waals surface area (Å²) in [5.74, 6) is 0.388. The molecule has 3 nitrogen and oxygen atoms in total. The summed E-state index contributed by atoms with van der Waals surface area (Å²) in [6.07, 6.45) is 3.14. The Hall–Kier alpha value is -2.55. The smallest absolute Gasteiger partial charge is 0.185 e. The second-order valence-electron chi connectivity index (χ2n) is 3.99. The first-order chi connectivity index (χ1) is 9.20. The fourth-order valence-corrected chi connectivity index (χ4v) is 1.68.